The molecule has 2 amide bonds. The molecule has 0 aliphatic carbocycles. The van der Waals surface area contributed by atoms with Crippen LogP contribution in [0.1, 0.15) is 50.3 Å². The number of benzene rings is 2. The van der Waals surface area contributed by atoms with Gasteiger partial charge >= 0.3 is 0 Å². The number of aryl methyl sites for hydroxylation is 2. The number of H-pyrrole nitrogens is 1. The summed E-state index contributed by atoms with van der Waals surface area (Å²) in [4.78, 5) is 41.0. The van der Waals surface area contributed by atoms with Gasteiger partial charge in [0.2, 0.25) is 11.8 Å². The topological polar surface area (TPSA) is 113 Å². The molecule has 4 aromatic heterocycles. The lowest BCUT2D eigenvalue weighted by Crippen LogP contribution is -2.33. The van der Waals surface area contributed by atoms with E-state index in [0.29, 0.717) is 11.5 Å². The number of nitrogens with one attached hydrogen (secondary N) is 1. The number of hydrogen-bond acceptors (Lipinski definition) is 6. The first kappa shape index (κ1) is 33.5. The van der Waals surface area contributed by atoms with Gasteiger partial charge in [0.05, 0.1) is 39.8 Å². The fraction of sp³-hybridized carbons (Fsp3) is 0.250. The Bertz CT molecular complexity index is 2340. The van der Waals surface area contributed by atoms with Gasteiger partial charge in [0.15, 0.2) is 5.82 Å². The third kappa shape index (κ3) is 5.58. The van der Waals surface area contributed by atoms with Crippen LogP contribution in [0.2, 0.25) is 0 Å². The van der Waals surface area contributed by atoms with Gasteiger partial charge in [-0.1, -0.05) is 24.3 Å². The average molecular weight is 683 g/mol. The first-order chi connectivity index (χ1) is 24.2. The fourth-order valence-electron chi connectivity index (χ4n) is 6.95. The summed E-state index contributed by atoms with van der Waals surface area (Å²) in [6.07, 6.45) is 6.38. The second-order valence-electron chi connectivity index (χ2n) is 14.2. The number of rotatable bonds is 4. The van der Waals surface area contributed by atoms with E-state index in [-0.39, 0.29) is 11.8 Å². The number of fused-ring (bicyclic) bond motifs is 2. The smallest absolute Gasteiger partial charge is 0.236 e. The molecule has 51 heavy (non-hydrogen) atoms. The molecule has 0 fully saturated rings. The van der Waals surface area contributed by atoms with Gasteiger partial charge in [-0.2, -0.15) is 5.10 Å². The van der Waals surface area contributed by atoms with Gasteiger partial charge in [0.25, 0.3) is 0 Å². The normalized spacial score (nSPS) is 15.5. The molecule has 0 spiro atoms. The molecule has 0 bridgehead atoms. The van der Waals surface area contributed by atoms with Gasteiger partial charge in [0, 0.05) is 66.4 Å². The lowest BCUT2D eigenvalue weighted by molar-refractivity contribution is -0.122. The summed E-state index contributed by atoms with van der Waals surface area (Å²) in [5.74, 6) is 0.467. The molecule has 0 saturated carbocycles. The molecule has 0 unspecified atom stereocenters. The van der Waals surface area contributed by atoms with Gasteiger partial charge in [-0.25, -0.2) is 9.37 Å². The van der Waals surface area contributed by atoms with Crippen molar-refractivity contribution in [2.45, 2.75) is 52.4 Å². The van der Waals surface area contributed by atoms with E-state index in [1.54, 1.807) is 39.9 Å². The van der Waals surface area contributed by atoms with E-state index < -0.39 is 16.6 Å². The molecule has 0 atom stereocenters. The van der Waals surface area contributed by atoms with Crippen LogP contribution in [0.5, 0.6) is 0 Å². The Kier molecular flexibility index (Phi) is 7.96. The zero-order valence-electron chi connectivity index (χ0n) is 29.9. The Balaban J connectivity index is 0.000000159. The number of pyridine rings is 2. The highest BCUT2D eigenvalue weighted by atomic mass is 19.1. The van der Waals surface area contributed by atoms with Crippen molar-refractivity contribution in [3.8, 4) is 39.5 Å². The highest BCUT2D eigenvalue weighted by Gasteiger charge is 2.43. The summed E-state index contributed by atoms with van der Waals surface area (Å²) in [5, 5.41) is 7.51. The maximum absolute atomic E-state index is 14.1. The largest absolute Gasteiger partial charge is 0.314 e. The minimum atomic E-state index is -0.530. The van der Waals surface area contributed by atoms with Crippen LogP contribution in [0.4, 0.5) is 15.8 Å². The number of carbonyl (C=O) groups is 2. The molecule has 2 aromatic carbocycles. The molecule has 258 valence electrons. The van der Waals surface area contributed by atoms with E-state index in [1.165, 1.54) is 6.20 Å². The lowest BCUT2D eigenvalue weighted by Gasteiger charge is -2.16. The number of halogens is 1. The molecule has 1 N–H and O–H groups in total. The number of aromatic nitrogens is 6. The summed E-state index contributed by atoms with van der Waals surface area (Å²) in [6, 6.07) is 19.6. The number of amides is 2. The number of aromatic amines is 1. The van der Waals surface area contributed by atoms with Crippen LogP contribution < -0.4 is 9.80 Å². The second kappa shape index (κ2) is 12.1. The van der Waals surface area contributed by atoms with Crippen molar-refractivity contribution in [3.05, 3.63) is 114 Å². The van der Waals surface area contributed by atoms with Gasteiger partial charge in [-0.05, 0) is 89.1 Å². The Morgan fingerprint density at radius 1 is 0.706 bits per heavy atom. The number of carbonyl (C=O) groups excluding carboxylic acids is 2. The predicted octanol–water partition coefficient (Wildman–Crippen LogP) is 7.34. The number of nitrogens with zero attached hydrogens (tertiary/aromatic N) is 7. The van der Waals surface area contributed by atoms with Crippen molar-refractivity contribution in [2.75, 3.05) is 23.9 Å². The Hall–Kier alpha value is -5.97. The molecule has 10 nitrogen and oxygen atoms in total. The van der Waals surface area contributed by atoms with Crippen LogP contribution in [-0.2, 0) is 20.4 Å². The average Bonchev–Trinajstić information content (AvgIpc) is 3.84. The van der Waals surface area contributed by atoms with Crippen LogP contribution in [-0.4, -0.2) is 55.6 Å². The first-order valence-electron chi connectivity index (χ1n) is 16.7. The minimum Gasteiger partial charge on any atom is -0.314 e. The van der Waals surface area contributed by atoms with Crippen LogP contribution >= 0.6 is 0 Å². The van der Waals surface area contributed by atoms with E-state index in [0.717, 1.165) is 62.0 Å². The molecule has 2 aliphatic rings. The van der Waals surface area contributed by atoms with Crippen molar-refractivity contribution in [1.29, 1.82) is 0 Å². The molecular formula is C40H39FN8O2. The van der Waals surface area contributed by atoms with Crippen molar-refractivity contribution in [1.82, 2.24) is 29.7 Å². The second-order valence-corrected chi connectivity index (χ2v) is 14.2. The molecule has 8 rings (SSSR count). The zero-order valence-corrected chi connectivity index (χ0v) is 29.9. The summed E-state index contributed by atoms with van der Waals surface area (Å²) in [5.41, 5.74) is 9.66. The molecule has 6 heterocycles. The van der Waals surface area contributed by atoms with Crippen LogP contribution in [0.3, 0.4) is 0 Å². The third-order valence-electron chi connectivity index (χ3n) is 10.0. The van der Waals surface area contributed by atoms with Crippen LogP contribution in [0.15, 0.2) is 85.5 Å². The van der Waals surface area contributed by atoms with E-state index in [1.807, 2.05) is 109 Å². The van der Waals surface area contributed by atoms with E-state index in [9.17, 15) is 14.0 Å². The quantitative estimate of drug-likeness (QED) is 0.208. The molecule has 2 aliphatic heterocycles. The number of anilines is 2. The van der Waals surface area contributed by atoms with Gasteiger partial charge < -0.3 is 14.4 Å². The van der Waals surface area contributed by atoms with Gasteiger partial charge in [-0.3, -0.25) is 24.7 Å². The van der Waals surface area contributed by atoms with Crippen molar-refractivity contribution in [2.24, 2.45) is 0 Å². The molecular weight excluding hydrogens is 643 g/mol. The molecule has 0 saturated heterocycles. The summed E-state index contributed by atoms with van der Waals surface area (Å²) in [7, 11) is 3.61. The monoisotopic (exact) mass is 682 g/mol. The van der Waals surface area contributed by atoms with Gasteiger partial charge in [-0.15, -0.1) is 0 Å². The maximum Gasteiger partial charge on any atom is 0.236 e. The fourth-order valence-corrected chi connectivity index (χ4v) is 6.95. The number of imidazole rings is 1. The summed E-state index contributed by atoms with van der Waals surface area (Å²) < 4.78 is 15.8. The van der Waals surface area contributed by atoms with Crippen molar-refractivity contribution in [3.63, 3.8) is 0 Å². The first-order valence-corrected chi connectivity index (χ1v) is 16.7. The molecule has 6 aromatic rings. The number of likely N-dealkylation sites (N-methyl/N-ethyl adjacent to an activating group) is 2. The zero-order chi connectivity index (χ0) is 36.4. The summed E-state index contributed by atoms with van der Waals surface area (Å²) >= 11 is 0. The van der Waals surface area contributed by atoms with E-state index in [2.05, 4.69) is 25.1 Å². The lowest BCUT2D eigenvalue weighted by atomic mass is 9.85. The number of hydrogen-bond donors (Lipinski definition) is 1. The van der Waals surface area contributed by atoms with Crippen LogP contribution in [0, 0.1) is 19.7 Å². The maximum atomic E-state index is 14.1. The van der Waals surface area contributed by atoms with Crippen LogP contribution in [0.25, 0.3) is 39.5 Å². The standard InChI is InChI=1S/C20H19FN4O.C20H20N4O/c1-12-23-16(11-25(12)17-7-8-22-10-15(17)21)13-5-6-14-18(9-13)24(4)19(26)20(14,2)3;1-12-5-6-14(11-21-12)17-10-16(22-23-17)13-7-8-15-18(9-13)24(4)19(25)20(15,2)3/h5-11H,1-4H3;5-11H,1-4H3,(H,22,23). The summed E-state index contributed by atoms with van der Waals surface area (Å²) in [6.45, 7) is 11.6. The van der Waals surface area contributed by atoms with E-state index >= 15 is 0 Å². The third-order valence-corrected chi connectivity index (χ3v) is 10.0. The Morgan fingerprint density at radius 2 is 1.29 bits per heavy atom. The van der Waals surface area contributed by atoms with Crippen molar-refractivity contribution < 1.29 is 14.0 Å². The highest BCUT2D eigenvalue weighted by molar-refractivity contribution is 6.08. The molecule has 11 heteroatoms. The minimum absolute atomic E-state index is 0.0743. The Labute approximate surface area is 296 Å². The Morgan fingerprint density at radius 3 is 1.86 bits per heavy atom. The van der Waals surface area contributed by atoms with Gasteiger partial charge in [0.1, 0.15) is 5.82 Å². The van der Waals surface area contributed by atoms with E-state index in [4.69, 9.17) is 0 Å². The van der Waals surface area contributed by atoms with Crippen molar-refractivity contribution >= 4 is 23.2 Å². The SMILES string of the molecule is Cc1ccc(-c2cc(-c3ccc4c(c3)N(C)C(=O)C4(C)C)n[nH]2)cn1.Cc1nc(-c2ccc3c(c2)N(C)C(=O)C3(C)C)cn1-c1ccncc1F. The highest BCUT2D eigenvalue weighted by Crippen LogP contribution is 2.44. The predicted molar refractivity (Wildman–Crippen MR) is 196 cm³/mol. The molecule has 0 radical (unpaired) electrons.